The Morgan fingerprint density at radius 2 is 1.31 bits per heavy atom. The highest BCUT2D eigenvalue weighted by molar-refractivity contribution is 7.99. The molecule has 1 rings (SSSR count). The van der Waals surface area contributed by atoms with Crippen LogP contribution in [0.4, 0.5) is 0 Å². The Balaban J connectivity index is 3.22. The first-order valence-corrected chi connectivity index (χ1v) is 9.12. The van der Waals surface area contributed by atoms with Crippen molar-refractivity contribution >= 4 is 35.6 Å². The molecule has 26 heavy (non-hydrogen) atoms. The van der Waals surface area contributed by atoms with Crippen LogP contribution in [0.25, 0.3) is 0 Å². The molecule has 1 fully saturated rings. The minimum absolute atomic E-state index is 0.210. The Hall–Kier alpha value is -1.81. The average Bonchev–Trinajstić information content (AvgIpc) is 2.50. The first-order valence-electron chi connectivity index (χ1n) is 8.07. The number of ether oxygens (including phenoxy) is 5. The fourth-order valence-corrected chi connectivity index (χ4v) is 3.44. The first-order chi connectivity index (χ1) is 12.1. The van der Waals surface area contributed by atoms with E-state index in [-0.39, 0.29) is 6.61 Å². The lowest BCUT2D eigenvalue weighted by molar-refractivity contribution is -0.237. The van der Waals surface area contributed by atoms with Crippen LogP contribution >= 0.6 is 11.8 Å². The molecular weight excluding hydrogens is 368 g/mol. The molecule has 0 radical (unpaired) electrons. The number of carbonyl (C=O) groups excluding carboxylic acids is 4. The van der Waals surface area contributed by atoms with Crippen molar-refractivity contribution in [2.75, 3.05) is 12.4 Å². The predicted octanol–water partition coefficient (Wildman–Crippen LogP) is 0.823. The fraction of sp³-hybridized carbons (Fsp3) is 0.750. The quantitative estimate of drug-likeness (QED) is 0.455. The van der Waals surface area contributed by atoms with Crippen LogP contribution in [-0.4, -0.2) is 66.1 Å². The van der Waals surface area contributed by atoms with E-state index < -0.39 is 53.7 Å². The van der Waals surface area contributed by atoms with Gasteiger partial charge in [-0.2, -0.15) is 0 Å². The maximum Gasteiger partial charge on any atom is 0.303 e. The lowest BCUT2D eigenvalue weighted by Gasteiger charge is -2.44. The monoisotopic (exact) mass is 392 g/mol. The molecule has 0 aromatic heterocycles. The van der Waals surface area contributed by atoms with E-state index >= 15 is 0 Å². The molecule has 1 unspecified atom stereocenters. The van der Waals surface area contributed by atoms with Crippen LogP contribution in [0.5, 0.6) is 0 Å². The van der Waals surface area contributed by atoms with Crippen molar-refractivity contribution in [1.29, 1.82) is 0 Å². The summed E-state index contributed by atoms with van der Waals surface area (Å²) in [7, 11) is 0. The zero-order chi connectivity index (χ0) is 19.9. The number of rotatable bonds is 7. The lowest BCUT2D eigenvalue weighted by atomic mass is 9.99. The Labute approximate surface area is 156 Å². The topological polar surface area (TPSA) is 114 Å². The third-order valence-electron chi connectivity index (χ3n) is 3.28. The zero-order valence-corrected chi connectivity index (χ0v) is 16.2. The molecule has 0 spiro atoms. The van der Waals surface area contributed by atoms with Gasteiger partial charge in [-0.25, -0.2) is 0 Å². The van der Waals surface area contributed by atoms with Crippen LogP contribution in [0.2, 0.25) is 0 Å². The van der Waals surface area contributed by atoms with Crippen molar-refractivity contribution < 1.29 is 42.9 Å². The van der Waals surface area contributed by atoms with Crippen LogP contribution in [0, 0.1) is 0 Å². The van der Waals surface area contributed by atoms with Crippen molar-refractivity contribution in [2.24, 2.45) is 0 Å². The molecule has 148 valence electrons. The van der Waals surface area contributed by atoms with Gasteiger partial charge in [-0.3, -0.25) is 19.2 Å². The van der Waals surface area contributed by atoms with Gasteiger partial charge in [0.1, 0.15) is 18.1 Å². The molecule has 0 bridgehead atoms. The minimum atomic E-state index is -1.10. The van der Waals surface area contributed by atoms with Crippen LogP contribution in [0.1, 0.15) is 34.6 Å². The van der Waals surface area contributed by atoms with Crippen LogP contribution < -0.4 is 0 Å². The summed E-state index contributed by atoms with van der Waals surface area (Å²) in [6.07, 6.45) is -4.07. The molecule has 0 N–H and O–H groups in total. The molecule has 1 heterocycles. The van der Waals surface area contributed by atoms with E-state index in [2.05, 4.69) is 0 Å². The summed E-state index contributed by atoms with van der Waals surface area (Å²) in [6.45, 7) is 6.48. The lowest BCUT2D eigenvalue weighted by Crippen LogP contribution is -2.61. The van der Waals surface area contributed by atoms with Gasteiger partial charge in [0.25, 0.3) is 0 Å². The molecule has 1 aliphatic rings. The summed E-state index contributed by atoms with van der Waals surface area (Å²) in [6, 6.07) is 0. The maximum atomic E-state index is 11.6. The molecule has 0 saturated carbocycles. The van der Waals surface area contributed by atoms with E-state index in [0.29, 0.717) is 5.75 Å². The van der Waals surface area contributed by atoms with Crippen molar-refractivity contribution in [2.45, 2.75) is 64.5 Å². The predicted molar refractivity (Wildman–Crippen MR) is 90.1 cm³/mol. The summed E-state index contributed by atoms with van der Waals surface area (Å²) in [5, 5.41) is 0. The molecule has 10 heteroatoms. The van der Waals surface area contributed by atoms with E-state index in [1.54, 1.807) is 0 Å². The standard InChI is InChI=1S/C16H24O9S/c1-6-26-16-15(24-11(5)20)14(23-10(4)19)13(22-9(3)18)12(25-16)7-21-8(2)17/h12-16H,6-7H2,1-5H3/t12-,13+,14+,15-,16?/m1/s1. The Kier molecular flexibility index (Phi) is 8.86. The van der Waals surface area contributed by atoms with Gasteiger partial charge >= 0.3 is 23.9 Å². The van der Waals surface area contributed by atoms with Crippen molar-refractivity contribution in [3.05, 3.63) is 0 Å². The van der Waals surface area contributed by atoms with Gasteiger partial charge in [-0.1, -0.05) is 6.92 Å². The van der Waals surface area contributed by atoms with Gasteiger partial charge in [0.05, 0.1) is 0 Å². The van der Waals surface area contributed by atoms with Crippen LogP contribution in [0.15, 0.2) is 0 Å². The smallest absolute Gasteiger partial charge is 0.303 e. The third kappa shape index (κ3) is 6.83. The SMILES string of the molecule is CCSC1O[C@H](COC(C)=O)[C@H](OC(C)=O)[C@H](OC(C)=O)[C@H]1OC(C)=O. The van der Waals surface area contributed by atoms with E-state index in [1.165, 1.54) is 39.5 Å². The largest absolute Gasteiger partial charge is 0.463 e. The third-order valence-corrected chi connectivity index (χ3v) is 4.32. The average molecular weight is 392 g/mol. The normalized spacial score (nSPS) is 28.0. The summed E-state index contributed by atoms with van der Waals surface area (Å²) in [5.74, 6) is -1.81. The van der Waals surface area contributed by atoms with E-state index in [0.717, 1.165) is 0 Å². The molecule has 0 aromatic carbocycles. The van der Waals surface area contributed by atoms with E-state index in [4.69, 9.17) is 23.7 Å². The summed E-state index contributed by atoms with van der Waals surface area (Å²) in [4.78, 5) is 45.8. The zero-order valence-electron chi connectivity index (χ0n) is 15.4. The number of carbonyl (C=O) groups is 4. The Morgan fingerprint density at radius 1 is 0.808 bits per heavy atom. The fourth-order valence-electron chi connectivity index (χ4n) is 2.49. The van der Waals surface area contributed by atoms with Gasteiger partial charge in [0.15, 0.2) is 18.3 Å². The molecule has 0 aromatic rings. The summed E-state index contributed by atoms with van der Waals surface area (Å²) >= 11 is 1.32. The number of thioether (sulfide) groups is 1. The molecular formula is C16H24O9S. The van der Waals surface area contributed by atoms with Crippen molar-refractivity contribution in [3.63, 3.8) is 0 Å². The van der Waals surface area contributed by atoms with E-state index in [9.17, 15) is 19.2 Å². The van der Waals surface area contributed by atoms with Crippen molar-refractivity contribution in [3.8, 4) is 0 Å². The molecule has 1 aliphatic heterocycles. The number of hydrogen-bond acceptors (Lipinski definition) is 10. The van der Waals surface area contributed by atoms with Crippen LogP contribution in [-0.2, 0) is 42.9 Å². The highest BCUT2D eigenvalue weighted by Gasteiger charge is 2.52. The van der Waals surface area contributed by atoms with Gasteiger partial charge in [0, 0.05) is 27.7 Å². The molecule has 0 amide bonds. The minimum Gasteiger partial charge on any atom is -0.463 e. The summed E-state index contributed by atoms with van der Waals surface area (Å²) < 4.78 is 26.7. The second-order valence-electron chi connectivity index (χ2n) is 5.52. The highest BCUT2D eigenvalue weighted by Crippen LogP contribution is 2.34. The number of esters is 4. The van der Waals surface area contributed by atoms with Gasteiger partial charge in [0.2, 0.25) is 0 Å². The number of hydrogen-bond donors (Lipinski definition) is 0. The second-order valence-corrected chi connectivity index (χ2v) is 6.90. The maximum absolute atomic E-state index is 11.6. The summed E-state index contributed by atoms with van der Waals surface area (Å²) in [5.41, 5.74) is -0.694. The molecule has 5 atom stereocenters. The Morgan fingerprint density at radius 3 is 1.77 bits per heavy atom. The van der Waals surface area contributed by atoms with Gasteiger partial charge in [-0.05, 0) is 5.75 Å². The van der Waals surface area contributed by atoms with Gasteiger partial charge in [-0.15, -0.1) is 11.8 Å². The van der Waals surface area contributed by atoms with E-state index in [1.807, 2.05) is 6.92 Å². The molecule has 1 saturated heterocycles. The van der Waals surface area contributed by atoms with Gasteiger partial charge < -0.3 is 23.7 Å². The molecule has 9 nitrogen and oxygen atoms in total. The van der Waals surface area contributed by atoms with Crippen LogP contribution in [0.3, 0.4) is 0 Å². The molecule has 0 aliphatic carbocycles. The first kappa shape index (κ1) is 22.2. The second kappa shape index (κ2) is 10.4. The Bertz CT molecular complexity index is 536. The van der Waals surface area contributed by atoms with Crippen molar-refractivity contribution in [1.82, 2.24) is 0 Å². The highest BCUT2D eigenvalue weighted by atomic mass is 32.2.